The summed E-state index contributed by atoms with van der Waals surface area (Å²) in [6.07, 6.45) is 0. The van der Waals surface area contributed by atoms with Gasteiger partial charge >= 0.3 is 0 Å². The second kappa shape index (κ2) is 7.64. The largest absolute Gasteiger partial charge is 0.492 e. The summed E-state index contributed by atoms with van der Waals surface area (Å²) < 4.78 is 16.8. The molecule has 5 heteroatoms. The van der Waals surface area contributed by atoms with Crippen molar-refractivity contribution in [3.05, 3.63) is 17.7 Å². The summed E-state index contributed by atoms with van der Waals surface area (Å²) in [5, 5.41) is 3.41. The lowest BCUT2D eigenvalue weighted by Crippen LogP contribution is -2.22. The number of benzene rings is 1. The Hall–Kier alpha value is -1.07. The topological polar surface area (TPSA) is 39.7 Å². The van der Waals surface area contributed by atoms with Crippen LogP contribution in [0, 0.1) is 0 Å². The third-order valence-electron chi connectivity index (χ3n) is 2.95. The number of thioether (sulfide) groups is 1. The first-order chi connectivity index (χ1) is 9.70. The summed E-state index contributed by atoms with van der Waals surface area (Å²) in [5.74, 6) is 4.59. The minimum atomic E-state index is 0.293. The summed E-state index contributed by atoms with van der Waals surface area (Å²) in [6.45, 7) is 8.19. The van der Waals surface area contributed by atoms with Crippen LogP contribution in [0.25, 0.3) is 0 Å². The van der Waals surface area contributed by atoms with E-state index < -0.39 is 0 Å². The van der Waals surface area contributed by atoms with Gasteiger partial charge in [0, 0.05) is 30.0 Å². The predicted molar refractivity (Wildman–Crippen MR) is 83.0 cm³/mol. The van der Waals surface area contributed by atoms with Crippen molar-refractivity contribution in [3.63, 3.8) is 0 Å². The van der Waals surface area contributed by atoms with Gasteiger partial charge in [0.15, 0.2) is 11.5 Å². The predicted octanol–water partition coefficient (Wildman–Crippen LogP) is 3.05. The first-order valence-electron chi connectivity index (χ1n) is 7.07. The fourth-order valence-corrected chi connectivity index (χ4v) is 2.40. The molecule has 0 aromatic heterocycles. The van der Waals surface area contributed by atoms with Crippen LogP contribution in [0.5, 0.6) is 17.2 Å². The molecule has 1 heterocycles. The Balaban J connectivity index is 2.05. The third-order valence-corrected chi connectivity index (χ3v) is 3.81. The van der Waals surface area contributed by atoms with Gasteiger partial charge in [-0.2, -0.15) is 11.8 Å². The summed E-state index contributed by atoms with van der Waals surface area (Å²) in [4.78, 5) is 0. The van der Waals surface area contributed by atoms with Crippen molar-refractivity contribution >= 4 is 11.8 Å². The van der Waals surface area contributed by atoms with Gasteiger partial charge in [-0.3, -0.25) is 0 Å². The van der Waals surface area contributed by atoms with Crippen molar-refractivity contribution in [1.82, 2.24) is 5.32 Å². The highest BCUT2D eigenvalue weighted by atomic mass is 32.2. The van der Waals surface area contributed by atoms with E-state index in [0.717, 1.165) is 40.9 Å². The molecule has 1 aliphatic heterocycles. The van der Waals surface area contributed by atoms with Crippen molar-refractivity contribution in [1.29, 1.82) is 0 Å². The molecule has 0 aliphatic carbocycles. The number of hydrogen-bond acceptors (Lipinski definition) is 5. The maximum absolute atomic E-state index is 5.90. The van der Waals surface area contributed by atoms with E-state index in [4.69, 9.17) is 14.2 Å². The maximum Gasteiger partial charge on any atom is 0.231 e. The summed E-state index contributed by atoms with van der Waals surface area (Å²) in [5.41, 5.74) is 1.12. The molecule has 1 N–H and O–H groups in total. The van der Waals surface area contributed by atoms with Crippen molar-refractivity contribution < 1.29 is 14.2 Å². The van der Waals surface area contributed by atoms with Gasteiger partial charge < -0.3 is 19.5 Å². The highest BCUT2D eigenvalue weighted by Gasteiger charge is 2.18. The van der Waals surface area contributed by atoms with E-state index in [0.29, 0.717) is 19.4 Å². The Morgan fingerprint density at radius 1 is 1.30 bits per heavy atom. The Labute approximate surface area is 125 Å². The Morgan fingerprint density at radius 2 is 2.05 bits per heavy atom. The molecule has 0 radical (unpaired) electrons. The molecule has 1 aromatic rings. The zero-order valence-electron chi connectivity index (χ0n) is 12.4. The molecule has 112 valence electrons. The number of nitrogens with one attached hydrogen (secondary N) is 1. The van der Waals surface area contributed by atoms with Gasteiger partial charge in [0.25, 0.3) is 0 Å². The van der Waals surface area contributed by atoms with Gasteiger partial charge in [-0.1, -0.05) is 20.8 Å². The summed E-state index contributed by atoms with van der Waals surface area (Å²) >= 11 is 1.88. The second-order valence-corrected chi connectivity index (χ2v) is 6.29. The number of hydrogen-bond donors (Lipinski definition) is 1. The highest BCUT2D eigenvalue weighted by molar-refractivity contribution is 7.99. The Kier molecular flexibility index (Phi) is 5.86. The van der Waals surface area contributed by atoms with E-state index in [1.807, 2.05) is 23.9 Å². The summed E-state index contributed by atoms with van der Waals surface area (Å²) in [6, 6.07) is 4.39. The molecular weight excluding hydrogens is 274 g/mol. The second-order valence-electron chi connectivity index (χ2n) is 4.89. The highest BCUT2D eigenvalue weighted by Crippen LogP contribution is 2.38. The van der Waals surface area contributed by atoms with Crippen LogP contribution in [-0.4, -0.2) is 30.9 Å². The van der Waals surface area contributed by atoms with Crippen LogP contribution in [0.4, 0.5) is 0 Å². The first-order valence-corrected chi connectivity index (χ1v) is 8.22. The lowest BCUT2D eigenvalue weighted by Gasteiger charge is -2.14. The molecule has 0 amide bonds. The fourth-order valence-electron chi connectivity index (χ4n) is 1.91. The molecule has 1 aliphatic rings. The van der Waals surface area contributed by atoms with E-state index in [-0.39, 0.29) is 0 Å². The average Bonchev–Trinajstić information content (AvgIpc) is 2.87. The van der Waals surface area contributed by atoms with Crippen molar-refractivity contribution in [2.75, 3.05) is 24.9 Å². The molecule has 1 aromatic carbocycles. The molecule has 0 atom stereocenters. The van der Waals surface area contributed by atoms with Crippen molar-refractivity contribution in [2.45, 2.75) is 33.4 Å². The quantitative estimate of drug-likeness (QED) is 0.747. The molecule has 0 saturated heterocycles. The summed E-state index contributed by atoms with van der Waals surface area (Å²) in [7, 11) is 0. The molecule has 0 saturated carbocycles. The number of fused-ring (bicyclic) bond motifs is 1. The van der Waals surface area contributed by atoms with Gasteiger partial charge in [0.2, 0.25) is 6.79 Å². The van der Waals surface area contributed by atoms with Crippen LogP contribution in [0.15, 0.2) is 12.1 Å². The molecule has 0 unspecified atom stereocenters. The zero-order valence-corrected chi connectivity index (χ0v) is 13.2. The van der Waals surface area contributed by atoms with E-state index in [1.165, 1.54) is 0 Å². The third kappa shape index (κ3) is 4.21. The van der Waals surface area contributed by atoms with E-state index in [2.05, 4.69) is 26.1 Å². The van der Waals surface area contributed by atoms with E-state index >= 15 is 0 Å². The van der Waals surface area contributed by atoms with Crippen LogP contribution >= 0.6 is 11.8 Å². The molecular formula is C15H23NO3S. The first kappa shape index (κ1) is 15.3. The minimum absolute atomic E-state index is 0.293. The molecule has 0 spiro atoms. The monoisotopic (exact) mass is 297 g/mol. The van der Waals surface area contributed by atoms with E-state index in [1.54, 1.807) is 0 Å². The van der Waals surface area contributed by atoms with Gasteiger partial charge in [-0.15, -0.1) is 0 Å². The van der Waals surface area contributed by atoms with Gasteiger partial charge in [-0.05, 0) is 11.8 Å². The van der Waals surface area contributed by atoms with Crippen molar-refractivity contribution in [3.8, 4) is 17.2 Å². The Morgan fingerprint density at radius 3 is 2.75 bits per heavy atom. The number of ether oxygens (including phenoxy) is 3. The molecule has 0 bridgehead atoms. The maximum atomic E-state index is 5.90. The fraction of sp³-hybridized carbons (Fsp3) is 0.600. The normalized spacial score (nSPS) is 13.0. The van der Waals surface area contributed by atoms with Crippen LogP contribution < -0.4 is 19.5 Å². The van der Waals surface area contributed by atoms with Crippen LogP contribution in [0.1, 0.15) is 26.3 Å². The SMILES string of the molecule is CCSCCOc1cc2c(cc1CNC(C)C)OCO2. The van der Waals surface area contributed by atoms with Crippen LogP contribution in [0.2, 0.25) is 0 Å². The van der Waals surface area contributed by atoms with Gasteiger partial charge in [-0.25, -0.2) is 0 Å². The lowest BCUT2D eigenvalue weighted by molar-refractivity contribution is 0.173. The zero-order chi connectivity index (χ0) is 14.4. The molecule has 4 nitrogen and oxygen atoms in total. The average molecular weight is 297 g/mol. The standard InChI is InChI=1S/C15H23NO3S/c1-4-20-6-5-17-13-8-15-14(18-10-19-15)7-12(13)9-16-11(2)3/h7-8,11,16H,4-6,9-10H2,1-3H3. The van der Waals surface area contributed by atoms with Gasteiger partial charge in [0.05, 0.1) is 6.61 Å². The Bertz CT molecular complexity index is 437. The smallest absolute Gasteiger partial charge is 0.231 e. The molecule has 2 rings (SSSR count). The number of rotatable bonds is 8. The molecule has 0 fully saturated rings. The van der Waals surface area contributed by atoms with E-state index in [9.17, 15) is 0 Å². The van der Waals surface area contributed by atoms with Crippen LogP contribution in [0.3, 0.4) is 0 Å². The van der Waals surface area contributed by atoms with Gasteiger partial charge in [0.1, 0.15) is 5.75 Å². The molecule has 20 heavy (non-hydrogen) atoms. The minimum Gasteiger partial charge on any atom is -0.492 e. The van der Waals surface area contributed by atoms with Crippen molar-refractivity contribution in [2.24, 2.45) is 0 Å². The van der Waals surface area contributed by atoms with Crippen LogP contribution in [-0.2, 0) is 6.54 Å². The lowest BCUT2D eigenvalue weighted by atomic mass is 10.1.